The molecule has 6 nitrogen and oxygen atoms in total. The summed E-state index contributed by atoms with van der Waals surface area (Å²) in [7, 11) is 1.29. The molecule has 0 aromatic heterocycles. The van der Waals surface area contributed by atoms with Gasteiger partial charge in [-0.15, -0.1) is 0 Å². The van der Waals surface area contributed by atoms with Crippen molar-refractivity contribution in [3.63, 3.8) is 0 Å². The number of anilines is 1. The van der Waals surface area contributed by atoms with Crippen molar-refractivity contribution in [3.8, 4) is 11.5 Å². The second-order valence-electron chi connectivity index (χ2n) is 5.19. The Morgan fingerprint density at radius 1 is 1.04 bits per heavy atom. The molecule has 2 rings (SSSR count). The van der Waals surface area contributed by atoms with Gasteiger partial charge in [0.15, 0.2) is 6.10 Å². The molecular weight excluding hydrogens is 322 g/mol. The van der Waals surface area contributed by atoms with Gasteiger partial charge in [0.2, 0.25) is 0 Å². The van der Waals surface area contributed by atoms with Crippen molar-refractivity contribution in [2.24, 2.45) is 0 Å². The number of ether oxygens (including phenoxy) is 3. The average Bonchev–Trinajstić information content (AvgIpc) is 2.63. The second kappa shape index (κ2) is 8.73. The Kier molecular flexibility index (Phi) is 6.39. The number of benzene rings is 2. The standard InChI is InChI=1S/C19H21NO5/c1-4-24-14-9-11-15(12-10-14)25-13(2)18(21)20-17-8-6-5-7-16(17)19(22)23-3/h5-13H,4H2,1-3H3,(H,20,21). The highest BCUT2D eigenvalue weighted by atomic mass is 16.5. The molecule has 1 amide bonds. The van der Waals surface area contributed by atoms with Crippen molar-refractivity contribution in [2.75, 3.05) is 19.0 Å². The summed E-state index contributed by atoms with van der Waals surface area (Å²) in [5.74, 6) is 0.396. The zero-order valence-corrected chi connectivity index (χ0v) is 14.4. The first-order chi connectivity index (χ1) is 12.0. The SMILES string of the molecule is CCOc1ccc(OC(C)C(=O)Nc2ccccc2C(=O)OC)cc1. The fraction of sp³-hybridized carbons (Fsp3) is 0.263. The predicted octanol–water partition coefficient (Wildman–Crippen LogP) is 3.28. The number of esters is 1. The Hall–Kier alpha value is -3.02. The quantitative estimate of drug-likeness (QED) is 0.781. The summed E-state index contributed by atoms with van der Waals surface area (Å²) in [6.07, 6.45) is -0.747. The van der Waals surface area contributed by atoms with Crippen LogP contribution in [0.5, 0.6) is 11.5 Å². The maximum absolute atomic E-state index is 12.3. The molecule has 0 fully saturated rings. The van der Waals surface area contributed by atoms with Crippen LogP contribution in [0.4, 0.5) is 5.69 Å². The smallest absolute Gasteiger partial charge is 0.339 e. The lowest BCUT2D eigenvalue weighted by atomic mass is 10.1. The van der Waals surface area contributed by atoms with Gasteiger partial charge in [0.25, 0.3) is 5.91 Å². The lowest BCUT2D eigenvalue weighted by Crippen LogP contribution is -2.30. The lowest BCUT2D eigenvalue weighted by molar-refractivity contribution is -0.122. The molecule has 0 aliphatic carbocycles. The van der Waals surface area contributed by atoms with Crippen molar-refractivity contribution < 1.29 is 23.8 Å². The molecular formula is C19H21NO5. The number of methoxy groups -OCH3 is 1. The van der Waals surface area contributed by atoms with Gasteiger partial charge in [-0.2, -0.15) is 0 Å². The molecule has 0 saturated carbocycles. The number of amides is 1. The summed E-state index contributed by atoms with van der Waals surface area (Å²) < 4.78 is 15.7. The average molecular weight is 343 g/mol. The van der Waals surface area contributed by atoms with Crippen LogP contribution in [-0.4, -0.2) is 31.7 Å². The first-order valence-corrected chi connectivity index (χ1v) is 7.93. The van der Waals surface area contributed by atoms with Gasteiger partial charge in [-0.3, -0.25) is 4.79 Å². The minimum absolute atomic E-state index is 0.284. The Labute approximate surface area is 146 Å². The van der Waals surface area contributed by atoms with Gasteiger partial charge in [0, 0.05) is 0 Å². The van der Waals surface area contributed by atoms with Crippen LogP contribution in [0.1, 0.15) is 24.2 Å². The molecule has 0 radical (unpaired) electrons. The molecule has 0 bridgehead atoms. The third-order valence-electron chi connectivity index (χ3n) is 3.41. The predicted molar refractivity (Wildman–Crippen MR) is 94.1 cm³/mol. The van der Waals surface area contributed by atoms with Crippen LogP contribution in [0.2, 0.25) is 0 Å². The van der Waals surface area contributed by atoms with Crippen molar-refractivity contribution in [1.82, 2.24) is 0 Å². The second-order valence-corrected chi connectivity index (χ2v) is 5.19. The number of hydrogen-bond donors (Lipinski definition) is 1. The molecule has 0 aliphatic heterocycles. The number of para-hydroxylation sites is 1. The lowest BCUT2D eigenvalue weighted by Gasteiger charge is -2.16. The maximum Gasteiger partial charge on any atom is 0.339 e. The summed E-state index contributed by atoms with van der Waals surface area (Å²) in [5.41, 5.74) is 0.660. The first kappa shape index (κ1) is 18.3. The largest absolute Gasteiger partial charge is 0.494 e. The Bertz CT molecular complexity index is 727. The van der Waals surface area contributed by atoms with E-state index in [1.54, 1.807) is 55.5 Å². The van der Waals surface area contributed by atoms with Gasteiger partial charge < -0.3 is 19.5 Å². The highest BCUT2D eigenvalue weighted by molar-refractivity contribution is 6.02. The van der Waals surface area contributed by atoms with Gasteiger partial charge in [-0.1, -0.05) is 12.1 Å². The van der Waals surface area contributed by atoms with Gasteiger partial charge in [-0.05, 0) is 50.2 Å². The fourth-order valence-electron chi connectivity index (χ4n) is 2.15. The van der Waals surface area contributed by atoms with Crippen molar-refractivity contribution in [1.29, 1.82) is 0 Å². The normalized spacial score (nSPS) is 11.3. The molecule has 2 aromatic carbocycles. The molecule has 132 valence electrons. The van der Waals surface area contributed by atoms with Crippen LogP contribution in [0.15, 0.2) is 48.5 Å². The Morgan fingerprint density at radius 2 is 1.68 bits per heavy atom. The molecule has 6 heteroatoms. The minimum Gasteiger partial charge on any atom is -0.494 e. The summed E-state index contributed by atoms with van der Waals surface area (Å²) in [6.45, 7) is 4.12. The van der Waals surface area contributed by atoms with E-state index in [1.165, 1.54) is 7.11 Å². The third kappa shape index (κ3) is 4.97. The fourth-order valence-corrected chi connectivity index (χ4v) is 2.15. The van der Waals surface area contributed by atoms with E-state index >= 15 is 0 Å². The topological polar surface area (TPSA) is 73.9 Å². The number of carbonyl (C=O) groups excluding carboxylic acids is 2. The molecule has 1 atom stereocenters. The van der Waals surface area contributed by atoms with Crippen molar-refractivity contribution >= 4 is 17.6 Å². The number of carbonyl (C=O) groups is 2. The summed E-state index contributed by atoms with van der Waals surface area (Å²) in [6, 6.07) is 13.6. The van der Waals surface area contributed by atoms with Crippen LogP contribution in [0.3, 0.4) is 0 Å². The Morgan fingerprint density at radius 3 is 2.32 bits per heavy atom. The summed E-state index contributed by atoms with van der Waals surface area (Å²) in [4.78, 5) is 24.1. The van der Waals surface area contributed by atoms with E-state index < -0.39 is 12.1 Å². The number of rotatable bonds is 7. The maximum atomic E-state index is 12.3. The molecule has 0 spiro atoms. The van der Waals surface area contributed by atoms with Crippen LogP contribution < -0.4 is 14.8 Å². The summed E-state index contributed by atoms with van der Waals surface area (Å²) >= 11 is 0. The van der Waals surface area contributed by atoms with E-state index in [9.17, 15) is 9.59 Å². The molecule has 1 unspecified atom stereocenters. The zero-order chi connectivity index (χ0) is 18.2. The minimum atomic E-state index is -0.747. The van der Waals surface area contributed by atoms with E-state index in [0.717, 1.165) is 5.75 Å². The van der Waals surface area contributed by atoms with Gasteiger partial charge >= 0.3 is 5.97 Å². The van der Waals surface area contributed by atoms with Crippen LogP contribution in [0.25, 0.3) is 0 Å². The molecule has 0 saturated heterocycles. The summed E-state index contributed by atoms with van der Waals surface area (Å²) in [5, 5.41) is 2.69. The van der Waals surface area contributed by atoms with Crippen molar-refractivity contribution in [2.45, 2.75) is 20.0 Å². The molecule has 0 heterocycles. The number of nitrogens with one attached hydrogen (secondary N) is 1. The van der Waals surface area contributed by atoms with Gasteiger partial charge in [-0.25, -0.2) is 4.79 Å². The number of hydrogen-bond acceptors (Lipinski definition) is 5. The van der Waals surface area contributed by atoms with Crippen LogP contribution in [-0.2, 0) is 9.53 Å². The highest BCUT2D eigenvalue weighted by Crippen LogP contribution is 2.20. The first-order valence-electron chi connectivity index (χ1n) is 7.93. The monoisotopic (exact) mass is 343 g/mol. The highest BCUT2D eigenvalue weighted by Gasteiger charge is 2.18. The van der Waals surface area contributed by atoms with E-state index in [4.69, 9.17) is 14.2 Å². The van der Waals surface area contributed by atoms with E-state index in [-0.39, 0.29) is 11.5 Å². The van der Waals surface area contributed by atoms with Crippen LogP contribution >= 0.6 is 0 Å². The van der Waals surface area contributed by atoms with Gasteiger partial charge in [0.1, 0.15) is 11.5 Å². The van der Waals surface area contributed by atoms with Gasteiger partial charge in [0.05, 0.1) is 25.0 Å². The Balaban J connectivity index is 2.02. The molecule has 25 heavy (non-hydrogen) atoms. The van der Waals surface area contributed by atoms with Crippen LogP contribution in [0, 0.1) is 0 Å². The third-order valence-corrected chi connectivity index (χ3v) is 3.41. The van der Waals surface area contributed by atoms with E-state index in [1.807, 2.05) is 6.92 Å². The van der Waals surface area contributed by atoms with E-state index in [2.05, 4.69) is 5.32 Å². The van der Waals surface area contributed by atoms with E-state index in [0.29, 0.717) is 18.0 Å². The zero-order valence-electron chi connectivity index (χ0n) is 14.4. The molecule has 0 aliphatic rings. The molecule has 2 aromatic rings. The van der Waals surface area contributed by atoms with Crippen molar-refractivity contribution in [3.05, 3.63) is 54.1 Å². The molecule has 1 N–H and O–H groups in total.